The minimum atomic E-state index is -0.918. The highest BCUT2D eigenvalue weighted by molar-refractivity contribution is 7.85. The van der Waals surface area contributed by atoms with E-state index in [1.54, 1.807) is 0 Å². The van der Waals surface area contributed by atoms with Crippen molar-refractivity contribution in [1.82, 2.24) is 0 Å². The maximum absolute atomic E-state index is 11.0. The van der Waals surface area contributed by atoms with Gasteiger partial charge in [-0.2, -0.15) is 0 Å². The summed E-state index contributed by atoms with van der Waals surface area (Å²) in [6, 6.07) is 0. The van der Waals surface area contributed by atoms with Crippen LogP contribution in [-0.4, -0.2) is 33.2 Å². The second-order valence-electron chi connectivity index (χ2n) is 2.06. The van der Waals surface area contributed by atoms with Gasteiger partial charge in [-0.05, 0) is 12.6 Å². The van der Waals surface area contributed by atoms with Crippen LogP contribution < -0.4 is 0 Å². The lowest BCUT2D eigenvalue weighted by Gasteiger charge is -2.03. The van der Waals surface area contributed by atoms with Gasteiger partial charge >= 0.3 is 0 Å². The van der Waals surface area contributed by atoms with Gasteiger partial charge in [0, 0.05) is 28.2 Å². The molecule has 0 radical (unpaired) electrons. The van der Waals surface area contributed by atoms with Crippen LogP contribution in [0.3, 0.4) is 0 Å². The normalized spacial score (nSPS) is 15.8. The predicted octanol–water partition coefficient (Wildman–Crippen LogP) is 1.62. The molecule has 0 saturated carbocycles. The molecule has 2 atom stereocenters. The van der Waals surface area contributed by atoms with Gasteiger partial charge in [-0.15, -0.1) is 23.2 Å². The average molecular weight is 216 g/mol. The van der Waals surface area contributed by atoms with Crippen LogP contribution in [0, 0.1) is 5.41 Å². The summed E-state index contributed by atoms with van der Waals surface area (Å²) >= 11 is 11.1. The third-order valence-corrected chi connectivity index (χ3v) is 3.51. The number of hydrogen-bond donors (Lipinski definition) is 1. The molecule has 0 aromatic carbocycles. The highest BCUT2D eigenvalue weighted by Gasteiger charge is 2.07. The number of nitrogens with one attached hydrogen (secondary N) is 1. The molecule has 66 valence electrons. The molecule has 0 saturated heterocycles. The monoisotopic (exact) mass is 215 g/mol. The second-order valence-corrected chi connectivity index (χ2v) is 4.60. The first-order valence-electron chi connectivity index (χ1n) is 3.24. The van der Waals surface area contributed by atoms with Crippen LogP contribution >= 0.6 is 23.2 Å². The van der Waals surface area contributed by atoms with E-state index in [4.69, 9.17) is 28.6 Å². The van der Waals surface area contributed by atoms with Crippen molar-refractivity contribution < 1.29 is 4.21 Å². The zero-order chi connectivity index (χ0) is 8.69. The van der Waals surface area contributed by atoms with E-state index in [-0.39, 0.29) is 5.38 Å². The Hall–Kier alpha value is 0.400. The zero-order valence-corrected chi connectivity index (χ0v) is 8.38. The average Bonchev–Trinajstić information content (AvgIpc) is 2.00. The van der Waals surface area contributed by atoms with Gasteiger partial charge in [0.2, 0.25) is 0 Å². The lowest BCUT2D eigenvalue weighted by Crippen LogP contribution is -2.14. The van der Waals surface area contributed by atoms with E-state index < -0.39 is 10.8 Å². The van der Waals surface area contributed by atoms with Crippen LogP contribution in [-0.2, 0) is 10.8 Å². The van der Waals surface area contributed by atoms with Crippen LogP contribution in [0.4, 0.5) is 0 Å². The van der Waals surface area contributed by atoms with Crippen LogP contribution in [0.5, 0.6) is 0 Å². The molecule has 1 N–H and O–H groups in total. The Morgan fingerprint density at radius 2 is 2.27 bits per heavy atom. The van der Waals surface area contributed by atoms with Crippen molar-refractivity contribution in [3.05, 3.63) is 0 Å². The van der Waals surface area contributed by atoms with Gasteiger partial charge in [0.1, 0.15) is 0 Å². The Bertz CT molecular complexity index is 143. The largest absolute Gasteiger partial charge is 0.313 e. The summed E-state index contributed by atoms with van der Waals surface area (Å²) in [6.45, 7) is 0. The fourth-order valence-corrected chi connectivity index (χ4v) is 2.25. The smallest absolute Gasteiger partial charge is 0.0586 e. The van der Waals surface area contributed by atoms with Crippen molar-refractivity contribution in [1.29, 1.82) is 5.41 Å². The Balaban J connectivity index is 3.43. The summed E-state index contributed by atoms with van der Waals surface area (Å²) in [7, 11) is -0.918. The molecule has 0 aliphatic heterocycles. The first kappa shape index (κ1) is 11.4. The Morgan fingerprint density at radius 1 is 1.64 bits per heavy atom. The fraction of sp³-hybridized carbons (Fsp3) is 0.833. The van der Waals surface area contributed by atoms with Gasteiger partial charge in [-0.3, -0.25) is 4.21 Å². The van der Waals surface area contributed by atoms with Gasteiger partial charge in [-0.1, -0.05) is 0 Å². The Morgan fingerprint density at radius 3 is 2.73 bits per heavy atom. The summed E-state index contributed by atoms with van der Waals surface area (Å²) in [5, 5.41) is 6.50. The van der Waals surface area contributed by atoms with Crippen LogP contribution in [0.1, 0.15) is 6.42 Å². The molecule has 0 rings (SSSR count). The fourth-order valence-electron chi connectivity index (χ4n) is 0.520. The maximum Gasteiger partial charge on any atom is 0.0586 e. The molecular formula is C6H11Cl2NOS. The van der Waals surface area contributed by atoms with E-state index >= 15 is 0 Å². The first-order valence-corrected chi connectivity index (χ1v) is 5.70. The Labute approximate surface area is 79.2 Å². The van der Waals surface area contributed by atoms with E-state index in [0.29, 0.717) is 23.8 Å². The van der Waals surface area contributed by atoms with Crippen LogP contribution in [0.15, 0.2) is 0 Å². The number of hydrogen-bond acceptors (Lipinski definition) is 2. The van der Waals surface area contributed by atoms with Gasteiger partial charge in [0.05, 0.1) is 5.38 Å². The highest BCUT2D eigenvalue weighted by Crippen LogP contribution is 2.01. The van der Waals surface area contributed by atoms with Crippen molar-refractivity contribution in [3.63, 3.8) is 0 Å². The van der Waals surface area contributed by atoms with Crippen LogP contribution in [0.2, 0.25) is 0 Å². The van der Waals surface area contributed by atoms with E-state index in [1.807, 2.05) is 0 Å². The third-order valence-electron chi connectivity index (χ3n) is 1.02. The van der Waals surface area contributed by atoms with Crippen molar-refractivity contribution in [3.8, 4) is 0 Å². The van der Waals surface area contributed by atoms with Crippen LogP contribution in [0.25, 0.3) is 0 Å². The molecule has 2 nitrogen and oxygen atoms in total. The molecule has 0 heterocycles. The maximum atomic E-state index is 11.0. The quantitative estimate of drug-likeness (QED) is 0.532. The molecule has 0 amide bonds. The number of halogens is 2. The summed E-state index contributed by atoms with van der Waals surface area (Å²) in [4.78, 5) is 0. The number of alkyl halides is 2. The molecule has 2 unspecified atom stereocenters. The molecular weight excluding hydrogens is 205 g/mol. The first-order chi connectivity index (χ1) is 5.20. The lowest BCUT2D eigenvalue weighted by atomic mass is 10.5. The summed E-state index contributed by atoms with van der Waals surface area (Å²) in [6.07, 6.45) is 1.81. The summed E-state index contributed by atoms with van der Waals surface area (Å²) in [5.41, 5.74) is 0. The van der Waals surface area contributed by atoms with E-state index in [2.05, 4.69) is 0 Å². The lowest BCUT2D eigenvalue weighted by molar-refractivity contribution is 0.682. The van der Waals surface area contributed by atoms with E-state index in [1.165, 1.54) is 6.21 Å². The Kier molecular flexibility index (Phi) is 7.33. The van der Waals surface area contributed by atoms with Crippen molar-refractivity contribution >= 4 is 40.2 Å². The third kappa shape index (κ3) is 6.78. The van der Waals surface area contributed by atoms with E-state index in [0.717, 1.165) is 0 Å². The van der Waals surface area contributed by atoms with Gasteiger partial charge < -0.3 is 5.41 Å². The molecule has 0 aromatic rings. The van der Waals surface area contributed by atoms with Crippen molar-refractivity contribution in [2.45, 2.75) is 11.8 Å². The molecule has 0 bridgehead atoms. The highest BCUT2D eigenvalue weighted by atomic mass is 35.5. The van der Waals surface area contributed by atoms with Crippen molar-refractivity contribution in [2.24, 2.45) is 0 Å². The molecule has 5 heteroatoms. The van der Waals surface area contributed by atoms with E-state index in [9.17, 15) is 4.21 Å². The molecule has 11 heavy (non-hydrogen) atoms. The molecule has 0 aromatic heterocycles. The topological polar surface area (TPSA) is 40.9 Å². The SMILES string of the molecule is N=CCCS(=O)CC(Cl)CCl. The summed E-state index contributed by atoms with van der Waals surface area (Å²) < 4.78 is 11.0. The predicted molar refractivity (Wildman–Crippen MR) is 51.6 cm³/mol. The second kappa shape index (κ2) is 7.07. The van der Waals surface area contributed by atoms with Crippen molar-refractivity contribution in [2.75, 3.05) is 17.4 Å². The van der Waals surface area contributed by atoms with Gasteiger partial charge in [-0.25, -0.2) is 0 Å². The molecule has 0 fully saturated rings. The molecule has 0 aliphatic rings. The standard InChI is InChI=1S/C6H11Cl2NOS/c7-4-6(8)5-11(10)3-1-2-9/h2,6,9H,1,3-5H2. The minimum Gasteiger partial charge on any atom is -0.313 e. The van der Waals surface area contributed by atoms with Gasteiger partial charge in [0.25, 0.3) is 0 Å². The van der Waals surface area contributed by atoms with Gasteiger partial charge in [0.15, 0.2) is 0 Å². The zero-order valence-electron chi connectivity index (χ0n) is 6.06. The summed E-state index contributed by atoms with van der Waals surface area (Å²) in [5.74, 6) is 1.28. The minimum absolute atomic E-state index is 0.205. The molecule has 0 aliphatic carbocycles. The number of rotatable bonds is 6. The molecule has 0 spiro atoms.